The van der Waals surface area contributed by atoms with Crippen LogP contribution in [0.1, 0.15) is 25.8 Å². The third kappa shape index (κ3) is 5.71. The van der Waals surface area contributed by atoms with Crippen LogP contribution in [0.4, 0.5) is 5.69 Å². The molecule has 7 heteroatoms. The number of piperazine rings is 1. The summed E-state index contributed by atoms with van der Waals surface area (Å²) in [7, 11) is 0. The molecule has 0 radical (unpaired) electrons. The van der Waals surface area contributed by atoms with Crippen LogP contribution in [0, 0.1) is 11.3 Å². The van der Waals surface area contributed by atoms with Gasteiger partial charge in [0.25, 0.3) is 5.97 Å². The molecule has 26 heavy (non-hydrogen) atoms. The summed E-state index contributed by atoms with van der Waals surface area (Å²) < 4.78 is 0. The van der Waals surface area contributed by atoms with Crippen molar-refractivity contribution in [2.24, 2.45) is 11.7 Å². The van der Waals surface area contributed by atoms with E-state index in [1.54, 1.807) is 0 Å². The van der Waals surface area contributed by atoms with E-state index in [1.165, 1.54) is 12.1 Å². The van der Waals surface area contributed by atoms with Gasteiger partial charge in [-0.1, -0.05) is 6.92 Å². The van der Waals surface area contributed by atoms with Gasteiger partial charge in [0, 0.05) is 50.4 Å². The summed E-state index contributed by atoms with van der Waals surface area (Å²) in [5.41, 5.74) is 7.55. The SMILES string of the molecule is CC(=O)O.CC1CNCCC1N1CCN(c2ccc(C(=N)N)cc2)CC1. The minimum Gasteiger partial charge on any atom is -0.481 e. The Hall–Kier alpha value is -2.12. The van der Waals surface area contributed by atoms with Crippen LogP contribution in [-0.2, 0) is 4.79 Å². The van der Waals surface area contributed by atoms with E-state index in [1.807, 2.05) is 12.1 Å². The molecule has 0 aromatic heterocycles. The fraction of sp³-hybridized carbons (Fsp3) is 0.579. The highest BCUT2D eigenvalue weighted by molar-refractivity contribution is 5.95. The first-order chi connectivity index (χ1) is 12.4. The van der Waals surface area contributed by atoms with Gasteiger partial charge >= 0.3 is 0 Å². The second-order valence-corrected chi connectivity index (χ2v) is 7.04. The van der Waals surface area contributed by atoms with Gasteiger partial charge in [0.2, 0.25) is 0 Å². The molecule has 3 rings (SSSR count). The largest absolute Gasteiger partial charge is 0.481 e. The number of nitrogen functional groups attached to an aromatic ring is 1. The van der Waals surface area contributed by atoms with Gasteiger partial charge < -0.3 is 21.1 Å². The molecule has 0 amide bonds. The molecule has 2 fully saturated rings. The molecular weight excluding hydrogens is 330 g/mol. The van der Waals surface area contributed by atoms with Crippen LogP contribution in [-0.4, -0.2) is 67.1 Å². The standard InChI is InChI=1S/C17H27N5.C2H4O2/c1-13-12-20-7-6-16(13)22-10-8-21(9-11-22)15-4-2-14(3-5-15)17(18)19;1-2(3)4/h2-5,13,16,20H,6-12H2,1H3,(H3,18,19);1H3,(H,3,4). The maximum Gasteiger partial charge on any atom is 0.300 e. The fourth-order valence-corrected chi connectivity index (χ4v) is 3.71. The number of benzene rings is 1. The predicted molar refractivity (Wildman–Crippen MR) is 105 cm³/mol. The Labute approximate surface area is 155 Å². The molecule has 2 unspecified atom stereocenters. The summed E-state index contributed by atoms with van der Waals surface area (Å²) in [4.78, 5) is 14.1. The van der Waals surface area contributed by atoms with E-state index in [9.17, 15) is 0 Å². The Kier molecular flexibility index (Phi) is 7.41. The zero-order valence-corrected chi connectivity index (χ0v) is 15.7. The Balaban J connectivity index is 0.000000552. The molecule has 2 heterocycles. The van der Waals surface area contributed by atoms with Crippen molar-refractivity contribution in [3.05, 3.63) is 29.8 Å². The molecule has 0 aliphatic carbocycles. The highest BCUT2D eigenvalue weighted by Crippen LogP contribution is 2.22. The first kappa shape index (κ1) is 20.2. The number of nitrogens with two attached hydrogens (primary N) is 1. The van der Waals surface area contributed by atoms with Crippen LogP contribution >= 0.6 is 0 Å². The van der Waals surface area contributed by atoms with Gasteiger partial charge in [0.05, 0.1) is 0 Å². The minimum absolute atomic E-state index is 0.135. The number of nitrogens with one attached hydrogen (secondary N) is 2. The van der Waals surface area contributed by atoms with Crippen molar-refractivity contribution < 1.29 is 9.90 Å². The maximum absolute atomic E-state index is 9.00. The van der Waals surface area contributed by atoms with Crippen LogP contribution in [0.5, 0.6) is 0 Å². The highest BCUT2D eigenvalue weighted by atomic mass is 16.4. The van der Waals surface area contributed by atoms with Crippen LogP contribution in [0.25, 0.3) is 0 Å². The van der Waals surface area contributed by atoms with Crippen LogP contribution < -0.4 is 16.0 Å². The van der Waals surface area contributed by atoms with Gasteiger partial charge in [0.1, 0.15) is 5.84 Å². The van der Waals surface area contributed by atoms with E-state index in [0.717, 1.165) is 63.7 Å². The van der Waals surface area contributed by atoms with Crippen molar-refractivity contribution in [1.29, 1.82) is 5.41 Å². The van der Waals surface area contributed by atoms with Crippen molar-refractivity contribution in [2.75, 3.05) is 44.2 Å². The highest BCUT2D eigenvalue weighted by Gasteiger charge is 2.29. The van der Waals surface area contributed by atoms with Crippen LogP contribution in [0.2, 0.25) is 0 Å². The van der Waals surface area contributed by atoms with Crippen molar-refractivity contribution >= 4 is 17.5 Å². The van der Waals surface area contributed by atoms with Crippen molar-refractivity contribution in [3.8, 4) is 0 Å². The second-order valence-electron chi connectivity index (χ2n) is 7.04. The van der Waals surface area contributed by atoms with Gasteiger partial charge in [-0.2, -0.15) is 0 Å². The number of carbonyl (C=O) groups is 1. The van der Waals surface area contributed by atoms with Crippen molar-refractivity contribution in [2.45, 2.75) is 26.3 Å². The summed E-state index contributed by atoms with van der Waals surface area (Å²) in [5, 5.41) is 18.4. The van der Waals surface area contributed by atoms with E-state index in [4.69, 9.17) is 21.0 Å². The molecule has 144 valence electrons. The predicted octanol–water partition coefficient (Wildman–Crippen LogP) is 1.18. The molecule has 7 nitrogen and oxygen atoms in total. The Bertz CT molecular complexity index is 592. The zero-order chi connectivity index (χ0) is 19.1. The number of aliphatic carboxylic acids is 1. The van der Waals surface area contributed by atoms with E-state index < -0.39 is 5.97 Å². The smallest absolute Gasteiger partial charge is 0.300 e. The minimum atomic E-state index is -0.833. The molecule has 2 atom stereocenters. The van der Waals surface area contributed by atoms with Crippen LogP contribution in [0.15, 0.2) is 24.3 Å². The van der Waals surface area contributed by atoms with Crippen molar-refractivity contribution in [1.82, 2.24) is 10.2 Å². The Morgan fingerprint density at radius 3 is 2.31 bits per heavy atom. The fourth-order valence-electron chi connectivity index (χ4n) is 3.71. The first-order valence-electron chi connectivity index (χ1n) is 9.22. The quantitative estimate of drug-likeness (QED) is 0.476. The maximum atomic E-state index is 9.00. The number of nitrogens with zero attached hydrogens (tertiary/aromatic N) is 2. The summed E-state index contributed by atoms with van der Waals surface area (Å²) in [5.74, 6) is 0.0476. The Morgan fingerprint density at radius 1 is 1.23 bits per heavy atom. The molecule has 2 aliphatic rings. The first-order valence-corrected chi connectivity index (χ1v) is 9.22. The molecule has 0 bridgehead atoms. The lowest BCUT2D eigenvalue weighted by atomic mass is 9.93. The summed E-state index contributed by atoms with van der Waals surface area (Å²) in [6, 6.07) is 8.79. The van der Waals surface area contributed by atoms with Gasteiger partial charge in [-0.15, -0.1) is 0 Å². The summed E-state index contributed by atoms with van der Waals surface area (Å²) in [6.07, 6.45) is 1.27. The van der Waals surface area contributed by atoms with Gasteiger partial charge in [-0.3, -0.25) is 15.1 Å². The average molecular weight is 361 g/mol. The summed E-state index contributed by atoms with van der Waals surface area (Å²) >= 11 is 0. The third-order valence-corrected chi connectivity index (χ3v) is 5.07. The molecule has 0 saturated carbocycles. The lowest BCUT2D eigenvalue weighted by Crippen LogP contribution is -2.55. The van der Waals surface area contributed by atoms with Crippen LogP contribution in [0.3, 0.4) is 0 Å². The molecule has 2 aliphatic heterocycles. The molecule has 2 saturated heterocycles. The Morgan fingerprint density at radius 2 is 1.81 bits per heavy atom. The summed E-state index contributed by atoms with van der Waals surface area (Å²) in [6.45, 7) is 10.2. The number of piperidine rings is 1. The van der Waals surface area contributed by atoms with E-state index >= 15 is 0 Å². The van der Waals surface area contributed by atoms with E-state index in [0.29, 0.717) is 0 Å². The van der Waals surface area contributed by atoms with Gasteiger partial charge in [-0.25, -0.2) is 0 Å². The average Bonchev–Trinajstić information content (AvgIpc) is 2.62. The zero-order valence-electron chi connectivity index (χ0n) is 15.7. The van der Waals surface area contributed by atoms with Gasteiger partial charge in [0.15, 0.2) is 0 Å². The monoisotopic (exact) mass is 361 g/mol. The van der Waals surface area contributed by atoms with Gasteiger partial charge in [-0.05, 0) is 49.7 Å². The number of rotatable bonds is 3. The van der Waals surface area contributed by atoms with E-state index in [2.05, 4.69) is 34.2 Å². The second kappa shape index (κ2) is 9.54. The molecule has 0 spiro atoms. The molecule has 1 aromatic rings. The molecular formula is C19H31N5O2. The number of carboxylic acid groups (broad SMARTS) is 1. The van der Waals surface area contributed by atoms with Crippen molar-refractivity contribution in [3.63, 3.8) is 0 Å². The number of amidine groups is 1. The third-order valence-electron chi connectivity index (χ3n) is 5.07. The number of anilines is 1. The number of carboxylic acids is 1. The lowest BCUT2D eigenvalue weighted by molar-refractivity contribution is -0.134. The normalized spacial score (nSPS) is 23.7. The lowest BCUT2D eigenvalue weighted by Gasteiger charge is -2.44. The molecule has 1 aromatic carbocycles. The topological polar surface area (TPSA) is 106 Å². The molecule has 5 N–H and O–H groups in total. The van der Waals surface area contributed by atoms with E-state index in [-0.39, 0.29) is 5.84 Å². The number of hydrogen-bond acceptors (Lipinski definition) is 5. The number of hydrogen-bond donors (Lipinski definition) is 4.